The second-order valence-corrected chi connectivity index (χ2v) is 11.2. The summed E-state index contributed by atoms with van der Waals surface area (Å²) in [6.07, 6.45) is 23.7. The summed E-state index contributed by atoms with van der Waals surface area (Å²) in [5.74, 6) is -0.799. The van der Waals surface area contributed by atoms with Gasteiger partial charge >= 0.3 is 0 Å². The van der Waals surface area contributed by atoms with E-state index in [2.05, 4.69) is 27.9 Å². The molecule has 0 aliphatic heterocycles. The number of carbonyl (C=O) groups is 1. The number of rotatable bonds is 21. The third-order valence-corrected chi connectivity index (χ3v) is 6.46. The lowest BCUT2D eigenvalue weighted by atomic mass is 9.99. The maximum Gasteiger partial charge on any atom is 0.0782 e. The molecule has 0 aromatic rings. The van der Waals surface area contributed by atoms with Gasteiger partial charge in [-0.15, -0.1) is 0 Å². The van der Waals surface area contributed by atoms with Crippen molar-refractivity contribution in [3.05, 3.63) is 0 Å². The van der Waals surface area contributed by atoms with Gasteiger partial charge < -0.3 is 14.4 Å². The SMILES string of the molecule is CC(C)CC(C)C(=O)[O-].CCCCCCCCCC[N+](C)(C)CCCCCCCCCC. The molecule has 0 rings (SSSR count). The first-order chi connectivity index (χ1) is 15.2. The van der Waals surface area contributed by atoms with Crippen LogP contribution in [0.15, 0.2) is 0 Å². The van der Waals surface area contributed by atoms with Crippen molar-refractivity contribution < 1.29 is 14.4 Å². The van der Waals surface area contributed by atoms with E-state index in [1.807, 2.05) is 13.8 Å². The highest BCUT2D eigenvalue weighted by Gasteiger charge is 2.13. The lowest BCUT2D eigenvalue weighted by molar-refractivity contribution is -0.890. The van der Waals surface area contributed by atoms with Gasteiger partial charge in [0.1, 0.15) is 0 Å². The largest absolute Gasteiger partial charge is 0.550 e. The van der Waals surface area contributed by atoms with Crippen molar-refractivity contribution in [1.29, 1.82) is 0 Å². The first-order valence-corrected chi connectivity index (χ1v) is 14.2. The minimum Gasteiger partial charge on any atom is -0.550 e. The summed E-state index contributed by atoms with van der Waals surface area (Å²) in [6.45, 7) is 13.0. The van der Waals surface area contributed by atoms with E-state index in [4.69, 9.17) is 0 Å². The van der Waals surface area contributed by atoms with E-state index in [1.165, 1.54) is 120 Å². The Bertz CT molecular complexity index is 371. The molecule has 0 aromatic heterocycles. The molecule has 194 valence electrons. The number of carboxylic acid groups (broad SMARTS) is 1. The molecule has 0 aromatic carbocycles. The molecule has 32 heavy (non-hydrogen) atoms. The van der Waals surface area contributed by atoms with Gasteiger partial charge in [0.15, 0.2) is 0 Å². The van der Waals surface area contributed by atoms with Crippen LogP contribution in [0.1, 0.15) is 144 Å². The van der Waals surface area contributed by atoms with E-state index < -0.39 is 5.97 Å². The Morgan fingerprint density at radius 3 is 1.19 bits per heavy atom. The Morgan fingerprint density at radius 1 is 0.625 bits per heavy atom. The van der Waals surface area contributed by atoms with Crippen molar-refractivity contribution in [1.82, 2.24) is 0 Å². The quantitative estimate of drug-likeness (QED) is 0.131. The average Bonchev–Trinajstić information content (AvgIpc) is 2.72. The van der Waals surface area contributed by atoms with E-state index in [0.29, 0.717) is 12.3 Å². The molecule has 1 atom stereocenters. The van der Waals surface area contributed by atoms with Crippen LogP contribution in [0.2, 0.25) is 0 Å². The van der Waals surface area contributed by atoms with Gasteiger partial charge in [-0.3, -0.25) is 0 Å². The second-order valence-electron chi connectivity index (χ2n) is 11.2. The minimum absolute atomic E-state index is 0.301. The second kappa shape index (κ2) is 23.6. The molecule has 0 bridgehead atoms. The Labute approximate surface area is 203 Å². The summed E-state index contributed by atoms with van der Waals surface area (Å²) in [6, 6.07) is 0. The number of hydrogen-bond acceptors (Lipinski definition) is 2. The van der Waals surface area contributed by atoms with Gasteiger partial charge in [-0.2, -0.15) is 0 Å². The van der Waals surface area contributed by atoms with Gasteiger partial charge in [-0.1, -0.05) is 112 Å². The molecule has 0 aliphatic carbocycles. The number of carboxylic acids is 1. The fourth-order valence-corrected chi connectivity index (χ4v) is 4.26. The van der Waals surface area contributed by atoms with Crippen molar-refractivity contribution in [2.24, 2.45) is 11.8 Å². The van der Waals surface area contributed by atoms with Crippen LogP contribution in [-0.4, -0.2) is 37.6 Å². The van der Waals surface area contributed by atoms with Crippen LogP contribution >= 0.6 is 0 Å². The molecule has 0 amide bonds. The Kier molecular flexibility index (Phi) is 24.8. The van der Waals surface area contributed by atoms with E-state index >= 15 is 0 Å². The van der Waals surface area contributed by atoms with Gasteiger partial charge in [-0.05, 0) is 43.9 Å². The number of unbranched alkanes of at least 4 members (excludes halogenated alkanes) is 14. The van der Waals surface area contributed by atoms with Gasteiger partial charge in [-0.25, -0.2) is 0 Å². The minimum atomic E-state index is -0.941. The molecule has 3 nitrogen and oxygen atoms in total. The zero-order chi connectivity index (χ0) is 24.7. The average molecular weight is 456 g/mol. The maximum atomic E-state index is 10.1. The molecule has 0 heterocycles. The van der Waals surface area contributed by atoms with Crippen molar-refractivity contribution in [3.63, 3.8) is 0 Å². The monoisotopic (exact) mass is 455 g/mol. The molecular weight excluding hydrogens is 394 g/mol. The molecule has 3 heteroatoms. The van der Waals surface area contributed by atoms with Crippen LogP contribution < -0.4 is 5.11 Å². The molecule has 0 spiro atoms. The van der Waals surface area contributed by atoms with Gasteiger partial charge in [0, 0.05) is 5.97 Å². The zero-order valence-corrected chi connectivity index (χ0v) is 23.4. The molecule has 0 saturated carbocycles. The molecule has 1 unspecified atom stereocenters. The predicted molar refractivity (Wildman–Crippen MR) is 141 cm³/mol. The molecule has 0 saturated heterocycles. The van der Waals surface area contributed by atoms with Crippen LogP contribution in [0.4, 0.5) is 0 Å². The summed E-state index contributed by atoms with van der Waals surface area (Å²) < 4.78 is 1.24. The van der Waals surface area contributed by atoms with Crippen LogP contribution in [0, 0.1) is 11.8 Å². The molecule has 0 fully saturated rings. The molecular formula is C29H61NO2. The van der Waals surface area contributed by atoms with E-state index in [-0.39, 0.29) is 5.92 Å². The first-order valence-electron chi connectivity index (χ1n) is 14.2. The highest BCUT2D eigenvalue weighted by atomic mass is 16.4. The highest BCUT2D eigenvalue weighted by molar-refractivity contribution is 5.66. The summed E-state index contributed by atoms with van der Waals surface area (Å²) in [4.78, 5) is 10.1. The van der Waals surface area contributed by atoms with Crippen LogP contribution in [0.5, 0.6) is 0 Å². The summed E-state index contributed by atoms with van der Waals surface area (Å²) >= 11 is 0. The third kappa shape index (κ3) is 27.5. The Balaban J connectivity index is 0. The van der Waals surface area contributed by atoms with E-state index in [0.717, 1.165) is 0 Å². The number of carbonyl (C=O) groups excluding carboxylic acids is 1. The van der Waals surface area contributed by atoms with Gasteiger partial charge in [0.2, 0.25) is 0 Å². The number of hydrogen-bond donors (Lipinski definition) is 0. The standard InChI is InChI=1S/C22H48N.C7H14O2/c1-5-7-9-11-13-15-17-19-21-23(3,4)22-20-18-16-14-12-10-8-6-2;1-5(2)4-6(3)7(8)9/h5-22H2,1-4H3;5-6H,4H2,1-3H3,(H,8,9)/q+1;/p-1. The molecule has 0 N–H and O–H groups in total. The summed E-state index contributed by atoms with van der Waals surface area (Å²) in [5, 5.41) is 10.1. The van der Waals surface area contributed by atoms with E-state index in [1.54, 1.807) is 6.92 Å². The lowest BCUT2D eigenvalue weighted by Crippen LogP contribution is -2.41. The molecule has 0 radical (unpaired) electrons. The Morgan fingerprint density at radius 2 is 0.938 bits per heavy atom. The normalized spacial score (nSPS) is 12.5. The number of quaternary nitrogens is 1. The third-order valence-electron chi connectivity index (χ3n) is 6.46. The van der Waals surface area contributed by atoms with Crippen LogP contribution in [0.3, 0.4) is 0 Å². The topological polar surface area (TPSA) is 40.1 Å². The molecule has 0 aliphatic rings. The van der Waals surface area contributed by atoms with Crippen molar-refractivity contribution in [3.8, 4) is 0 Å². The Hall–Kier alpha value is -0.570. The van der Waals surface area contributed by atoms with Crippen molar-refractivity contribution >= 4 is 5.97 Å². The van der Waals surface area contributed by atoms with Crippen molar-refractivity contribution in [2.45, 2.75) is 144 Å². The first kappa shape index (κ1) is 33.6. The van der Waals surface area contributed by atoms with Crippen LogP contribution in [-0.2, 0) is 4.79 Å². The smallest absolute Gasteiger partial charge is 0.0782 e. The van der Waals surface area contributed by atoms with Crippen molar-refractivity contribution in [2.75, 3.05) is 27.2 Å². The lowest BCUT2D eigenvalue weighted by Gasteiger charge is -2.30. The van der Waals surface area contributed by atoms with E-state index in [9.17, 15) is 9.90 Å². The summed E-state index contributed by atoms with van der Waals surface area (Å²) in [5.41, 5.74) is 0. The zero-order valence-electron chi connectivity index (χ0n) is 23.4. The van der Waals surface area contributed by atoms with Crippen LogP contribution in [0.25, 0.3) is 0 Å². The van der Waals surface area contributed by atoms with Gasteiger partial charge in [0.05, 0.1) is 27.2 Å². The summed E-state index contributed by atoms with van der Waals surface area (Å²) in [7, 11) is 4.87. The maximum absolute atomic E-state index is 10.1. The highest BCUT2D eigenvalue weighted by Crippen LogP contribution is 2.13. The fraction of sp³-hybridized carbons (Fsp3) is 0.966. The number of nitrogens with zero attached hydrogens (tertiary/aromatic N) is 1. The number of aliphatic carboxylic acids is 1. The van der Waals surface area contributed by atoms with Gasteiger partial charge in [0.25, 0.3) is 0 Å². The predicted octanol–water partition coefficient (Wildman–Crippen LogP) is 7.76. The fourth-order valence-electron chi connectivity index (χ4n) is 4.26.